The molecule has 2 unspecified atom stereocenters. The quantitative estimate of drug-likeness (QED) is 0.787. The summed E-state index contributed by atoms with van der Waals surface area (Å²) < 4.78 is 5.38. The molecule has 2 aliphatic rings. The van der Waals surface area contributed by atoms with Gasteiger partial charge in [0, 0.05) is 37.8 Å². The molecule has 1 saturated heterocycles. The fourth-order valence-electron chi connectivity index (χ4n) is 3.42. The fourth-order valence-corrected chi connectivity index (χ4v) is 3.42. The van der Waals surface area contributed by atoms with E-state index in [0.717, 1.165) is 18.6 Å². The van der Waals surface area contributed by atoms with Crippen LogP contribution in [-0.2, 0) is 4.74 Å². The van der Waals surface area contributed by atoms with Gasteiger partial charge in [0.25, 0.3) is 0 Å². The summed E-state index contributed by atoms with van der Waals surface area (Å²) in [5, 5.41) is 3.85. The molecule has 2 rings (SSSR count). The third kappa shape index (κ3) is 2.89. The van der Waals surface area contributed by atoms with Gasteiger partial charge in [0.2, 0.25) is 0 Å². The lowest BCUT2D eigenvalue weighted by atomic mass is 9.87. The van der Waals surface area contributed by atoms with Gasteiger partial charge in [0.1, 0.15) is 0 Å². The number of nitrogens with one attached hydrogen (secondary N) is 1. The van der Waals surface area contributed by atoms with Crippen LogP contribution < -0.4 is 5.32 Å². The Hall–Kier alpha value is -0.120. The Kier molecular flexibility index (Phi) is 4.68. The molecule has 1 aliphatic carbocycles. The minimum absolute atomic E-state index is 0.327. The monoisotopic (exact) mass is 254 g/mol. The maximum Gasteiger partial charge on any atom is 0.0615 e. The Morgan fingerprint density at radius 3 is 2.50 bits per heavy atom. The van der Waals surface area contributed by atoms with Crippen LogP contribution in [0.3, 0.4) is 0 Å². The largest absolute Gasteiger partial charge is 0.383 e. The van der Waals surface area contributed by atoms with Crippen LogP contribution in [0, 0.1) is 5.92 Å². The van der Waals surface area contributed by atoms with Crippen molar-refractivity contribution in [2.45, 2.75) is 64.1 Å². The van der Waals surface area contributed by atoms with Gasteiger partial charge in [-0.15, -0.1) is 0 Å². The Morgan fingerprint density at radius 1 is 1.33 bits per heavy atom. The van der Waals surface area contributed by atoms with E-state index in [1.807, 2.05) is 7.11 Å². The Balaban J connectivity index is 2.07. The first kappa shape index (κ1) is 14.3. The van der Waals surface area contributed by atoms with E-state index in [-0.39, 0.29) is 0 Å². The van der Waals surface area contributed by atoms with Crippen LogP contribution >= 0.6 is 0 Å². The predicted molar refractivity (Wildman–Crippen MR) is 75.9 cm³/mol. The molecule has 2 fully saturated rings. The average molecular weight is 254 g/mol. The standard InChI is InChI=1S/C15H30N2O/c1-5-15(6-2)11-17(12(3)10-18-4)14(9-16-15)13-7-8-13/h12-14,16H,5-11H2,1-4H3. The Bertz CT molecular complexity index is 261. The van der Waals surface area contributed by atoms with Crippen LogP contribution in [0.1, 0.15) is 46.5 Å². The molecule has 2 atom stereocenters. The van der Waals surface area contributed by atoms with Gasteiger partial charge < -0.3 is 10.1 Å². The SMILES string of the molecule is CCC1(CC)CN(C(C)COC)C(C2CC2)CN1. The number of ether oxygens (including phenoxy) is 1. The van der Waals surface area contributed by atoms with E-state index >= 15 is 0 Å². The third-order valence-corrected chi connectivity index (χ3v) is 5.09. The van der Waals surface area contributed by atoms with E-state index in [9.17, 15) is 0 Å². The summed E-state index contributed by atoms with van der Waals surface area (Å²) in [6.07, 6.45) is 5.29. The van der Waals surface area contributed by atoms with E-state index in [2.05, 4.69) is 31.0 Å². The van der Waals surface area contributed by atoms with Gasteiger partial charge in [-0.1, -0.05) is 13.8 Å². The predicted octanol–water partition coefficient (Wildman–Crippen LogP) is 2.26. The molecule has 0 bridgehead atoms. The number of hydrogen-bond donors (Lipinski definition) is 1. The van der Waals surface area contributed by atoms with Crippen molar-refractivity contribution in [3.63, 3.8) is 0 Å². The van der Waals surface area contributed by atoms with Crippen molar-refractivity contribution < 1.29 is 4.74 Å². The lowest BCUT2D eigenvalue weighted by Gasteiger charge is -2.50. The van der Waals surface area contributed by atoms with Crippen molar-refractivity contribution in [3.05, 3.63) is 0 Å². The highest BCUT2D eigenvalue weighted by Gasteiger charge is 2.44. The molecule has 106 valence electrons. The van der Waals surface area contributed by atoms with Gasteiger partial charge in [-0.2, -0.15) is 0 Å². The normalized spacial score (nSPS) is 30.3. The second-order valence-corrected chi connectivity index (χ2v) is 6.25. The summed E-state index contributed by atoms with van der Waals surface area (Å²) in [5.74, 6) is 0.934. The molecule has 0 amide bonds. The van der Waals surface area contributed by atoms with Crippen LogP contribution in [0.4, 0.5) is 0 Å². The van der Waals surface area contributed by atoms with Crippen molar-refractivity contribution in [1.29, 1.82) is 0 Å². The van der Waals surface area contributed by atoms with Crippen molar-refractivity contribution in [2.75, 3.05) is 26.8 Å². The lowest BCUT2D eigenvalue weighted by Crippen LogP contribution is -2.66. The molecule has 1 heterocycles. The maximum absolute atomic E-state index is 5.38. The minimum Gasteiger partial charge on any atom is -0.383 e. The van der Waals surface area contributed by atoms with Gasteiger partial charge in [-0.05, 0) is 38.5 Å². The Labute approximate surface area is 112 Å². The molecule has 0 radical (unpaired) electrons. The first-order valence-electron chi connectivity index (χ1n) is 7.65. The number of piperazine rings is 1. The molecule has 0 spiro atoms. The van der Waals surface area contributed by atoms with Crippen LogP contribution in [-0.4, -0.2) is 49.3 Å². The highest BCUT2D eigenvalue weighted by molar-refractivity contribution is 5.02. The molecule has 1 aliphatic heterocycles. The van der Waals surface area contributed by atoms with Crippen LogP contribution in [0.15, 0.2) is 0 Å². The lowest BCUT2D eigenvalue weighted by molar-refractivity contribution is 0.00417. The van der Waals surface area contributed by atoms with Gasteiger partial charge in [0.05, 0.1) is 6.61 Å². The molecule has 1 saturated carbocycles. The topological polar surface area (TPSA) is 24.5 Å². The summed E-state index contributed by atoms with van der Waals surface area (Å²) in [6, 6.07) is 1.28. The molecule has 0 aromatic heterocycles. The van der Waals surface area contributed by atoms with E-state index in [1.54, 1.807) is 0 Å². The molecule has 18 heavy (non-hydrogen) atoms. The first-order chi connectivity index (χ1) is 8.65. The van der Waals surface area contributed by atoms with E-state index in [0.29, 0.717) is 11.6 Å². The van der Waals surface area contributed by atoms with Crippen LogP contribution in [0.5, 0.6) is 0 Å². The second-order valence-electron chi connectivity index (χ2n) is 6.25. The van der Waals surface area contributed by atoms with Crippen molar-refractivity contribution >= 4 is 0 Å². The smallest absolute Gasteiger partial charge is 0.0615 e. The molecule has 0 aromatic carbocycles. The van der Waals surface area contributed by atoms with Crippen molar-refractivity contribution in [2.24, 2.45) is 5.92 Å². The zero-order valence-corrected chi connectivity index (χ0v) is 12.5. The number of nitrogens with zero attached hydrogens (tertiary/aromatic N) is 1. The zero-order valence-electron chi connectivity index (χ0n) is 12.5. The summed E-state index contributed by atoms with van der Waals surface area (Å²) in [7, 11) is 1.82. The average Bonchev–Trinajstić information content (AvgIpc) is 3.22. The molecule has 1 N–H and O–H groups in total. The van der Waals surface area contributed by atoms with Gasteiger partial charge in [-0.3, -0.25) is 4.90 Å². The van der Waals surface area contributed by atoms with Crippen molar-refractivity contribution in [3.8, 4) is 0 Å². The third-order valence-electron chi connectivity index (χ3n) is 5.09. The highest BCUT2D eigenvalue weighted by Crippen LogP contribution is 2.38. The van der Waals surface area contributed by atoms with Crippen molar-refractivity contribution in [1.82, 2.24) is 10.2 Å². The summed E-state index contributed by atoms with van der Waals surface area (Å²) >= 11 is 0. The van der Waals surface area contributed by atoms with Crippen LogP contribution in [0.2, 0.25) is 0 Å². The second kappa shape index (κ2) is 5.89. The summed E-state index contributed by atoms with van der Waals surface area (Å²) in [6.45, 7) is 10.2. The van der Waals surface area contributed by atoms with Gasteiger partial charge in [-0.25, -0.2) is 0 Å². The van der Waals surface area contributed by atoms with Crippen LogP contribution in [0.25, 0.3) is 0 Å². The highest BCUT2D eigenvalue weighted by atomic mass is 16.5. The summed E-state index contributed by atoms with van der Waals surface area (Å²) in [4.78, 5) is 2.73. The van der Waals surface area contributed by atoms with Gasteiger partial charge >= 0.3 is 0 Å². The summed E-state index contributed by atoms with van der Waals surface area (Å²) in [5.41, 5.74) is 0.327. The molecular weight excluding hydrogens is 224 g/mol. The van der Waals surface area contributed by atoms with E-state index < -0.39 is 0 Å². The number of hydrogen-bond acceptors (Lipinski definition) is 3. The fraction of sp³-hybridized carbons (Fsp3) is 1.00. The van der Waals surface area contributed by atoms with E-state index in [4.69, 9.17) is 4.74 Å². The first-order valence-corrected chi connectivity index (χ1v) is 7.65. The maximum atomic E-state index is 5.38. The minimum atomic E-state index is 0.327. The zero-order chi connectivity index (χ0) is 13.2. The number of methoxy groups -OCH3 is 1. The van der Waals surface area contributed by atoms with E-state index in [1.165, 1.54) is 38.8 Å². The number of rotatable bonds is 6. The Morgan fingerprint density at radius 2 is 2.00 bits per heavy atom. The molecular formula is C15H30N2O. The molecule has 0 aromatic rings. The molecule has 3 heteroatoms. The van der Waals surface area contributed by atoms with Gasteiger partial charge in [0.15, 0.2) is 0 Å². The molecule has 3 nitrogen and oxygen atoms in total.